The fourth-order valence-corrected chi connectivity index (χ4v) is 21.0. The molecule has 12 aromatic carbocycles. The molecule has 3 heterocycles. The second-order valence-corrected chi connectivity index (χ2v) is 30.1. The van der Waals surface area contributed by atoms with Crippen molar-refractivity contribution in [2.45, 2.75) is 59.9 Å². The zero-order chi connectivity index (χ0) is 62.5. The Labute approximate surface area is 558 Å². The number of nitrogens with zero attached hydrogens (tertiary/aromatic N) is 2. The molecule has 2 unspecified atom stereocenters. The van der Waals surface area contributed by atoms with E-state index in [2.05, 4.69) is 302 Å². The average molecular weight is 1250 g/mol. The first-order chi connectivity index (χ1) is 47.0. The van der Waals surface area contributed by atoms with Crippen molar-refractivity contribution in [3.63, 3.8) is 0 Å². The molecule has 20 rings (SSSR count). The number of fused-ring (bicyclic) bond motifs is 20. The lowest BCUT2D eigenvalue weighted by atomic mass is 9.67. The fourth-order valence-electron chi connectivity index (χ4n) is 17.2. The van der Waals surface area contributed by atoms with Crippen molar-refractivity contribution in [2.75, 3.05) is 9.80 Å². The minimum atomic E-state index is -0.840. The number of benzene rings is 12. The lowest BCUT2D eigenvalue weighted by Crippen LogP contribution is -2.31. The molecule has 6 heteroatoms. The molecule has 0 bridgehead atoms. The first-order valence-corrected chi connectivity index (χ1v) is 36.4. The van der Waals surface area contributed by atoms with Crippen LogP contribution in [0.15, 0.2) is 321 Å². The van der Waals surface area contributed by atoms with Crippen LogP contribution in [-0.2, 0) is 23.9 Å². The second-order valence-electron chi connectivity index (χ2n) is 26.5. The highest BCUT2D eigenvalue weighted by Crippen LogP contribution is 2.66. The van der Waals surface area contributed by atoms with Crippen molar-refractivity contribution in [3.05, 3.63) is 341 Å². The van der Waals surface area contributed by atoms with E-state index >= 15 is 0 Å². The summed E-state index contributed by atoms with van der Waals surface area (Å²) in [6.45, 7) is 2.24. The zero-order valence-corrected chi connectivity index (χ0v) is 54.4. The van der Waals surface area contributed by atoms with Crippen molar-refractivity contribution in [1.29, 1.82) is 0 Å². The Morgan fingerprint density at radius 3 is 2.00 bits per heavy atom. The molecule has 450 valence electrons. The molecule has 0 N–H and O–H groups in total. The number of rotatable bonds is 10. The average Bonchev–Trinajstić information content (AvgIpc) is 1.55. The Morgan fingerprint density at radius 2 is 1.17 bits per heavy atom. The van der Waals surface area contributed by atoms with Gasteiger partial charge in [0.05, 0.1) is 28.4 Å². The van der Waals surface area contributed by atoms with Crippen LogP contribution in [0.2, 0.25) is 0 Å². The van der Waals surface area contributed by atoms with E-state index in [1.165, 1.54) is 114 Å². The van der Waals surface area contributed by atoms with E-state index in [0.29, 0.717) is 0 Å². The number of hydrogen-bond acceptors (Lipinski definition) is 5. The van der Waals surface area contributed by atoms with Gasteiger partial charge in [0.15, 0.2) is 0 Å². The summed E-state index contributed by atoms with van der Waals surface area (Å²) >= 11 is 1.84. The fraction of sp³-hybridized carbons (Fsp3) is 0.101. The highest BCUT2D eigenvalue weighted by Gasteiger charge is 2.54. The molecule has 4 nitrogen and oxygen atoms in total. The maximum Gasteiger partial charge on any atom is 0.362 e. The topological polar surface area (TPSA) is 32.8 Å². The molecule has 95 heavy (non-hydrogen) atoms. The van der Waals surface area contributed by atoms with E-state index in [-0.39, 0.29) is 5.92 Å². The Hall–Kier alpha value is -10.6. The summed E-state index contributed by atoms with van der Waals surface area (Å²) in [5.74, 6) is 0.261. The van der Waals surface area contributed by atoms with Gasteiger partial charge >= 0.3 is 8.80 Å². The maximum atomic E-state index is 6.79. The van der Waals surface area contributed by atoms with Crippen molar-refractivity contribution < 1.29 is 8.83 Å². The van der Waals surface area contributed by atoms with Gasteiger partial charge in [-0.2, -0.15) is 0 Å². The second kappa shape index (κ2) is 21.5. The minimum absolute atomic E-state index is 0.261. The van der Waals surface area contributed by atoms with Crippen LogP contribution in [-0.4, -0.2) is 8.80 Å². The van der Waals surface area contributed by atoms with E-state index < -0.39 is 14.2 Å². The van der Waals surface area contributed by atoms with Crippen molar-refractivity contribution in [2.24, 2.45) is 5.92 Å². The molecular weight excluding hydrogens is 1190 g/mol. The SMILES string of the molecule is CCc1ccccc1Sc1ccc2oc3ccc(N(C4=CC=C5C=CC=CC5C4)c4ccc5c(c4)C4(C6=C(C=CCC6)c6ccccc64)c4cc(N(c6ccc7ccccc7c6)c6ccc7oc8ccc([Si+]9Cc%10ccccc%10C9)cc8c7c6)c6ccccc6c4-5)cc3c2c1. The van der Waals surface area contributed by atoms with Gasteiger partial charge < -0.3 is 18.6 Å². The summed E-state index contributed by atoms with van der Waals surface area (Å²) in [6.07, 6.45) is 22.4. The molecular formula is C89H63N2O2SSi+. The molecule has 0 amide bonds. The van der Waals surface area contributed by atoms with Gasteiger partial charge in [0.2, 0.25) is 0 Å². The lowest BCUT2D eigenvalue weighted by molar-refractivity contribution is 0.668. The molecule has 1 spiro atoms. The molecule has 6 aliphatic rings. The largest absolute Gasteiger partial charge is 0.456 e. The standard InChI is InChI=1S/C89H63N2O2SSi/c1-2-55-17-9-16-30-87(55)94-67-38-43-85-76(50-67)74-47-64(36-41-83(74)92-85)90(62-33-31-56-18-3-5-20-58(56)45-62)66-35-40-73-80(49-66)89(78-28-14-12-24-69(78)70-25-13-15-29-79(70)89)81-52-82(71-26-10-11-27-72(71)88(73)81)91(63-34-32-57-19-4-6-21-59(57)46-63)65-37-42-84-75(48-65)77-51-68(39-44-86(77)93-84)95-53-60-22-7-8-23-61(60)54-95/h3-14,16-28,30-44,46-52,58H,2,15,29,45,53-54H2,1H3/q+1. The summed E-state index contributed by atoms with van der Waals surface area (Å²) in [6, 6.07) is 92.2. The van der Waals surface area contributed by atoms with Crippen LogP contribution in [0.5, 0.6) is 0 Å². The lowest BCUT2D eigenvalue weighted by Gasteiger charge is -2.36. The molecule has 2 aromatic heterocycles. The van der Waals surface area contributed by atoms with Crippen molar-refractivity contribution >= 4 is 125 Å². The normalized spacial score (nSPS) is 17.3. The predicted molar refractivity (Wildman–Crippen MR) is 398 cm³/mol. The number of hydrogen-bond donors (Lipinski definition) is 0. The predicted octanol–water partition coefficient (Wildman–Crippen LogP) is 23.1. The molecule has 14 aromatic rings. The van der Waals surface area contributed by atoms with E-state index in [1.54, 1.807) is 0 Å². The third kappa shape index (κ3) is 8.46. The van der Waals surface area contributed by atoms with E-state index in [0.717, 1.165) is 105 Å². The number of allylic oxidation sites excluding steroid dienone is 12. The van der Waals surface area contributed by atoms with Crippen LogP contribution in [0.3, 0.4) is 0 Å². The minimum Gasteiger partial charge on any atom is -0.456 e. The number of aryl methyl sites for hydroxylation is 1. The van der Waals surface area contributed by atoms with Crippen LogP contribution in [0.1, 0.15) is 65.1 Å². The summed E-state index contributed by atoms with van der Waals surface area (Å²) in [5.41, 5.74) is 26.3. The van der Waals surface area contributed by atoms with Gasteiger partial charge in [-0.3, -0.25) is 0 Å². The molecule has 0 radical (unpaired) electrons. The van der Waals surface area contributed by atoms with Gasteiger partial charge in [0.1, 0.15) is 22.3 Å². The van der Waals surface area contributed by atoms with E-state index in [1.807, 2.05) is 11.8 Å². The smallest absolute Gasteiger partial charge is 0.362 e. The third-order valence-corrected chi connectivity index (χ3v) is 25.4. The van der Waals surface area contributed by atoms with Gasteiger partial charge in [0, 0.05) is 71.1 Å². The molecule has 0 saturated carbocycles. The Kier molecular flexibility index (Phi) is 12.4. The van der Waals surface area contributed by atoms with Gasteiger partial charge in [0.25, 0.3) is 0 Å². The monoisotopic (exact) mass is 1250 g/mol. The van der Waals surface area contributed by atoms with Crippen LogP contribution in [0, 0.1) is 5.92 Å². The maximum absolute atomic E-state index is 6.79. The van der Waals surface area contributed by atoms with Crippen molar-refractivity contribution in [1.82, 2.24) is 0 Å². The summed E-state index contributed by atoms with van der Waals surface area (Å²) in [7, 11) is -0.840. The van der Waals surface area contributed by atoms with Gasteiger partial charge in [-0.05, 0) is 224 Å². The number of anilines is 5. The Morgan fingerprint density at radius 1 is 0.505 bits per heavy atom. The van der Waals surface area contributed by atoms with Crippen LogP contribution in [0.25, 0.3) is 82.1 Å². The van der Waals surface area contributed by atoms with E-state index in [9.17, 15) is 0 Å². The van der Waals surface area contributed by atoms with Crippen LogP contribution >= 0.6 is 11.8 Å². The summed E-state index contributed by atoms with van der Waals surface area (Å²) < 4.78 is 13.5. The van der Waals surface area contributed by atoms with Crippen LogP contribution < -0.4 is 15.0 Å². The first-order valence-electron chi connectivity index (χ1n) is 33.7. The molecule has 1 aliphatic heterocycles. The Bertz CT molecular complexity index is 5820. The first kappa shape index (κ1) is 54.9. The quantitative estimate of drug-likeness (QED) is 0.127. The van der Waals surface area contributed by atoms with Crippen molar-refractivity contribution in [3.8, 4) is 11.1 Å². The molecule has 2 atom stereocenters. The Balaban J connectivity index is 0.804. The van der Waals surface area contributed by atoms with Gasteiger partial charge in [-0.25, -0.2) is 0 Å². The molecule has 0 saturated heterocycles. The third-order valence-electron chi connectivity index (χ3n) is 21.5. The van der Waals surface area contributed by atoms with Gasteiger partial charge in [-0.15, -0.1) is 0 Å². The number of furan rings is 2. The zero-order valence-electron chi connectivity index (χ0n) is 52.6. The summed E-state index contributed by atoms with van der Waals surface area (Å²) in [4.78, 5) is 7.62. The summed E-state index contributed by atoms with van der Waals surface area (Å²) in [5, 5.41) is 10.9. The highest BCUT2D eigenvalue weighted by molar-refractivity contribution is 7.99. The highest BCUT2D eigenvalue weighted by atomic mass is 32.2. The molecule has 0 fully saturated rings. The van der Waals surface area contributed by atoms with Crippen LogP contribution in [0.4, 0.5) is 28.4 Å². The van der Waals surface area contributed by atoms with Gasteiger partial charge in [-0.1, -0.05) is 189 Å². The molecule has 5 aliphatic carbocycles. The van der Waals surface area contributed by atoms with E-state index in [4.69, 9.17) is 8.83 Å².